The van der Waals surface area contributed by atoms with Crippen molar-refractivity contribution in [2.24, 2.45) is 0 Å². The van der Waals surface area contributed by atoms with E-state index in [0.29, 0.717) is 0 Å². The minimum Gasteiger partial charge on any atom is -0.237 e. The van der Waals surface area contributed by atoms with Crippen molar-refractivity contribution in [2.45, 2.75) is 0 Å². The number of hydrogen-bond acceptors (Lipinski definition) is 2. The molecule has 1 aromatic carbocycles. The Labute approximate surface area is 99.4 Å². The van der Waals surface area contributed by atoms with Gasteiger partial charge in [-0.2, -0.15) is 5.10 Å². The Morgan fingerprint density at radius 2 is 1.59 bits per heavy atom. The number of benzene rings is 1. The second kappa shape index (κ2) is 4.22. The standard InChI is InChI=1S/C14H11N3/c1-2-6-12(7-3-1)13-9-11-16-17(13)14-8-4-5-10-15-14/h1-11H. The highest BCUT2D eigenvalue weighted by Crippen LogP contribution is 2.20. The first-order valence-corrected chi connectivity index (χ1v) is 5.46. The number of nitrogens with zero attached hydrogens (tertiary/aromatic N) is 3. The third-order valence-electron chi connectivity index (χ3n) is 2.58. The minimum atomic E-state index is 0.830. The van der Waals surface area contributed by atoms with Gasteiger partial charge in [-0.15, -0.1) is 0 Å². The maximum atomic E-state index is 4.32. The van der Waals surface area contributed by atoms with Crippen LogP contribution < -0.4 is 0 Å². The first-order valence-electron chi connectivity index (χ1n) is 5.46. The molecule has 17 heavy (non-hydrogen) atoms. The molecule has 0 N–H and O–H groups in total. The van der Waals surface area contributed by atoms with Crippen LogP contribution in [0.1, 0.15) is 0 Å². The zero-order chi connectivity index (χ0) is 11.5. The van der Waals surface area contributed by atoms with Crippen molar-refractivity contribution in [2.75, 3.05) is 0 Å². The van der Waals surface area contributed by atoms with Crippen LogP contribution in [0.3, 0.4) is 0 Å². The van der Waals surface area contributed by atoms with Crippen LogP contribution in [0.4, 0.5) is 0 Å². The van der Waals surface area contributed by atoms with Gasteiger partial charge in [0.25, 0.3) is 0 Å². The lowest BCUT2D eigenvalue weighted by Crippen LogP contribution is -2.00. The molecule has 0 saturated heterocycles. The monoisotopic (exact) mass is 221 g/mol. The molecule has 0 saturated carbocycles. The Morgan fingerprint density at radius 3 is 2.35 bits per heavy atom. The Morgan fingerprint density at radius 1 is 0.765 bits per heavy atom. The van der Waals surface area contributed by atoms with Crippen LogP contribution in [0.2, 0.25) is 0 Å². The fourth-order valence-electron chi connectivity index (χ4n) is 1.79. The van der Waals surface area contributed by atoms with Crippen molar-refractivity contribution in [1.29, 1.82) is 0 Å². The molecule has 0 aliphatic carbocycles. The van der Waals surface area contributed by atoms with E-state index in [4.69, 9.17) is 0 Å². The smallest absolute Gasteiger partial charge is 0.153 e. The van der Waals surface area contributed by atoms with Crippen LogP contribution in [-0.4, -0.2) is 14.8 Å². The first kappa shape index (κ1) is 9.78. The van der Waals surface area contributed by atoms with Gasteiger partial charge in [-0.3, -0.25) is 0 Å². The third-order valence-corrected chi connectivity index (χ3v) is 2.58. The fraction of sp³-hybridized carbons (Fsp3) is 0. The molecule has 3 nitrogen and oxygen atoms in total. The van der Waals surface area contributed by atoms with Crippen LogP contribution in [-0.2, 0) is 0 Å². The predicted molar refractivity (Wildman–Crippen MR) is 66.8 cm³/mol. The lowest BCUT2D eigenvalue weighted by atomic mass is 10.1. The van der Waals surface area contributed by atoms with Gasteiger partial charge in [-0.1, -0.05) is 36.4 Å². The van der Waals surface area contributed by atoms with Crippen LogP contribution in [0.25, 0.3) is 17.1 Å². The van der Waals surface area contributed by atoms with E-state index in [9.17, 15) is 0 Å². The van der Waals surface area contributed by atoms with Gasteiger partial charge in [-0.25, -0.2) is 9.67 Å². The van der Waals surface area contributed by atoms with Crippen LogP contribution >= 0.6 is 0 Å². The molecule has 2 aromatic heterocycles. The van der Waals surface area contributed by atoms with E-state index in [1.165, 1.54) is 0 Å². The largest absolute Gasteiger partial charge is 0.237 e. The van der Waals surface area contributed by atoms with Gasteiger partial charge in [0.15, 0.2) is 5.82 Å². The van der Waals surface area contributed by atoms with Crippen molar-refractivity contribution < 1.29 is 0 Å². The Kier molecular flexibility index (Phi) is 2.43. The Balaban J connectivity index is 2.13. The maximum absolute atomic E-state index is 4.32. The highest BCUT2D eigenvalue weighted by Gasteiger charge is 2.06. The number of hydrogen-bond donors (Lipinski definition) is 0. The fourth-order valence-corrected chi connectivity index (χ4v) is 1.79. The lowest BCUT2D eigenvalue weighted by Gasteiger charge is -2.05. The summed E-state index contributed by atoms with van der Waals surface area (Å²) in [5, 5.41) is 4.32. The highest BCUT2D eigenvalue weighted by molar-refractivity contribution is 5.60. The summed E-state index contributed by atoms with van der Waals surface area (Å²) in [6, 6.07) is 18.0. The van der Waals surface area contributed by atoms with Gasteiger partial charge < -0.3 is 0 Å². The Bertz CT molecular complexity index is 546. The topological polar surface area (TPSA) is 30.7 Å². The molecule has 0 aliphatic heterocycles. The lowest BCUT2D eigenvalue weighted by molar-refractivity contribution is 0.854. The average molecular weight is 221 g/mol. The molecule has 3 aromatic rings. The molecule has 3 heteroatoms. The molecule has 0 spiro atoms. The predicted octanol–water partition coefficient (Wildman–Crippen LogP) is 2.93. The summed E-state index contributed by atoms with van der Waals surface area (Å²) in [5.74, 6) is 0.830. The van der Waals surface area contributed by atoms with E-state index in [1.807, 2.05) is 47.1 Å². The zero-order valence-corrected chi connectivity index (χ0v) is 9.19. The summed E-state index contributed by atoms with van der Waals surface area (Å²) in [6.45, 7) is 0. The molecule has 0 amide bonds. The second-order valence-corrected chi connectivity index (χ2v) is 3.68. The quantitative estimate of drug-likeness (QED) is 0.666. The number of aromatic nitrogens is 3. The van der Waals surface area contributed by atoms with Gasteiger partial charge in [-0.05, 0) is 18.2 Å². The van der Waals surface area contributed by atoms with E-state index in [2.05, 4.69) is 22.2 Å². The molecule has 2 heterocycles. The van der Waals surface area contributed by atoms with Crippen molar-refractivity contribution in [3.63, 3.8) is 0 Å². The normalized spacial score (nSPS) is 10.4. The van der Waals surface area contributed by atoms with E-state index >= 15 is 0 Å². The number of pyridine rings is 1. The van der Waals surface area contributed by atoms with E-state index in [-0.39, 0.29) is 0 Å². The molecular weight excluding hydrogens is 210 g/mol. The molecule has 0 atom stereocenters. The molecule has 0 bridgehead atoms. The van der Waals surface area contributed by atoms with Crippen molar-refractivity contribution >= 4 is 0 Å². The molecule has 0 unspecified atom stereocenters. The van der Waals surface area contributed by atoms with E-state index < -0.39 is 0 Å². The minimum absolute atomic E-state index is 0.830. The molecule has 0 aliphatic rings. The first-order chi connectivity index (χ1) is 8.45. The summed E-state index contributed by atoms with van der Waals surface area (Å²) < 4.78 is 1.84. The molecule has 0 radical (unpaired) electrons. The SMILES string of the molecule is c1ccc(-c2ccnn2-c2ccccn2)cc1. The van der Waals surface area contributed by atoms with Gasteiger partial charge in [0, 0.05) is 11.8 Å². The summed E-state index contributed by atoms with van der Waals surface area (Å²) in [4.78, 5) is 4.31. The average Bonchev–Trinajstić information content (AvgIpc) is 2.90. The molecule has 82 valence electrons. The summed E-state index contributed by atoms with van der Waals surface area (Å²) >= 11 is 0. The van der Waals surface area contributed by atoms with Gasteiger partial charge in [0.1, 0.15) is 0 Å². The van der Waals surface area contributed by atoms with Gasteiger partial charge >= 0.3 is 0 Å². The molecule has 0 fully saturated rings. The van der Waals surface area contributed by atoms with Gasteiger partial charge in [0.05, 0.1) is 11.9 Å². The summed E-state index contributed by atoms with van der Waals surface area (Å²) in [6.07, 6.45) is 3.56. The maximum Gasteiger partial charge on any atom is 0.153 e. The Hall–Kier alpha value is -2.42. The van der Waals surface area contributed by atoms with Crippen molar-refractivity contribution in [3.8, 4) is 17.1 Å². The summed E-state index contributed by atoms with van der Waals surface area (Å²) in [7, 11) is 0. The zero-order valence-electron chi connectivity index (χ0n) is 9.19. The molecule has 3 rings (SSSR count). The molecular formula is C14H11N3. The third kappa shape index (κ3) is 1.83. The highest BCUT2D eigenvalue weighted by atomic mass is 15.3. The number of rotatable bonds is 2. The van der Waals surface area contributed by atoms with Crippen molar-refractivity contribution in [3.05, 3.63) is 67.0 Å². The summed E-state index contributed by atoms with van der Waals surface area (Å²) in [5.41, 5.74) is 2.18. The van der Waals surface area contributed by atoms with E-state index in [1.54, 1.807) is 12.4 Å². The van der Waals surface area contributed by atoms with Crippen LogP contribution in [0, 0.1) is 0 Å². The van der Waals surface area contributed by atoms with Gasteiger partial charge in [0.2, 0.25) is 0 Å². The van der Waals surface area contributed by atoms with Crippen LogP contribution in [0.15, 0.2) is 67.0 Å². The van der Waals surface area contributed by atoms with Crippen LogP contribution in [0.5, 0.6) is 0 Å². The van der Waals surface area contributed by atoms with E-state index in [0.717, 1.165) is 17.1 Å². The second-order valence-electron chi connectivity index (χ2n) is 3.68. The van der Waals surface area contributed by atoms with Crippen molar-refractivity contribution in [1.82, 2.24) is 14.8 Å².